The van der Waals surface area contributed by atoms with Gasteiger partial charge in [-0.3, -0.25) is 9.48 Å². The zero-order chi connectivity index (χ0) is 18.9. The van der Waals surface area contributed by atoms with E-state index < -0.39 is 10.0 Å². The largest absolute Gasteiger partial charge is 0.342 e. The van der Waals surface area contributed by atoms with Crippen molar-refractivity contribution < 1.29 is 13.2 Å². The van der Waals surface area contributed by atoms with Gasteiger partial charge < -0.3 is 4.90 Å². The molecular formula is C18H30N4O3S. The molecule has 0 radical (unpaired) electrons. The van der Waals surface area contributed by atoms with Crippen molar-refractivity contribution in [2.24, 2.45) is 18.4 Å². The van der Waals surface area contributed by atoms with Crippen LogP contribution in [0.2, 0.25) is 0 Å². The Balaban J connectivity index is 1.75. The van der Waals surface area contributed by atoms with Crippen molar-refractivity contribution >= 4 is 15.9 Å². The third-order valence-corrected chi connectivity index (χ3v) is 7.47. The average molecular weight is 383 g/mol. The zero-order valence-electron chi connectivity index (χ0n) is 16.0. The Kier molecular flexibility index (Phi) is 5.44. The molecular weight excluding hydrogens is 352 g/mol. The standard InChI is InChI=1S/C18H30N4O3S/c1-15(2)6-10-21-13-18(8-5-17(21)23)7-4-9-22(14-18)26(24,25)16-11-19-20(3)12-16/h11-12,15H,4-10,13-14H2,1-3H3. The van der Waals surface area contributed by atoms with Gasteiger partial charge in [0.15, 0.2) is 0 Å². The van der Waals surface area contributed by atoms with Crippen LogP contribution in [-0.2, 0) is 21.9 Å². The molecule has 7 nitrogen and oxygen atoms in total. The molecule has 0 saturated carbocycles. The van der Waals surface area contributed by atoms with E-state index in [1.54, 1.807) is 17.5 Å². The molecule has 1 atom stereocenters. The lowest BCUT2D eigenvalue weighted by Gasteiger charge is -2.47. The highest BCUT2D eigenvalue weighted by Crippen LogP contribution is 2.40. The van der Waals surface area contributed by atoms with Crippen LogP contribution < -0.4 is 0 Å². The Morgan fingerprint density at radius 1 is 1.27 bits per heavy atom. The van der Waals surface area contributed by atoms with Crippen molar-refractivity contribution in [3.8, 4) is 0 Å². The number of piperidine rings is 2. The van der Waals surface area contributed by atoms with Crippen molar-refractivity contribution in [2.75, 3.05) is 26.2 Å². The number of nitrogens with zero attached hydrogens (tertiary/aromatic N) is 4. The summed E-state index contributed by atoms with van der Waals surface area (Å²) in [6.45, 7) is 6.81. The first-order chi connectivity index (χ1) is 12.2. The van der Waals surface area contributed by atoms with Gasteiger partial charge in [-0.2, -0.15) is 9.40 Å². The number of sulfonamides is 1. The van der Waals surface area contributed by atoms with Gasteiger partial charge in [0.25, 0.3) is 0 Å². The van der Waals surface area contributed by atoms with Gasteiger partial charge in [0.05, 0.1) is 6.20 Å². The molecule has 1 amide bonds. The molecule has 0 bridgehead atoms. The number of hydrogen-bond donors (Lipinski definition) is 0. The fraction of sp³-hybridized carbons (Fsp3) is 0.778. The van der Waals surface area contributed by atoms with Gasteiger partial charge >= 0.3 is 0 Å². The Morgan fingerprint density at radius 2 is 2.04 bits per heavy atom. The summed E-state index contributed by atoms with van der Waals surface area (Å²) < 4.78 is 29.1. The monoisotopic (exact) mass is 382 g/mol. The summed E-state index contributed by atoms with van der Waals surface area (Å²) in [7, 11) is -1.81. The molecule has 3 rings (SSSR count). The number of amides is 1. The molecule has 8 heteroatoms. The predicted molar refractivity (Wildman–Crippen MR) is 98.9 cm³/mol. The van der Waals surface area contributed by atoms with Gasteiger partial charge in [-0.25, -0.2) is 8.42 Å². The molecule has 2 saturated heterocycles. The predicted octanol–water partition coefficient (Wildman–Crippen LogP) is 1.86. The van der Waals surface area contributed by atoms with E-state index in [4.69, 9.17) is 0 Å². The van der Waals surface area contributed by atoms with Gasteiger partial charge in [-0.05, 0) is 31.6 Å². The van der Waals surface area contributed by atoms with Crippen LogP contribution in [0.3, 0.4) is 0 Å². The number of likely N-dealkylation sites (tertiary alicyclic amines) is 1. The molecule has 3 heterocycles. The summed E-state index contributed by atoms with van der Waals surface area (Å²) in [6.07, 6.45) is 7.08. The maximum absolute atomic E-state index is 13.0. The van der Waals surface area contributed by atoms with Gasteiger partial charge in [0, 0.05) is 51.3 Å². The molecule has 0 N–H and O–H groups in total. The number of aromatic nitrogens is 2. The van der Waals surface area contributed by atoms with Crippen molar-refractivity contribution in [3.63, 3.8) is 0 Å². The Hall–Kier alpha value is -1.41. The van der Waals surface area contributed by atoms with Crippen molar-refractivity contribution in [1.29, 1.82) is 0 Å². The molecule has 0 aliphatic carbocycles. The lowest BCUT2D eigenvalue weighted by molar-refractivity contribution is -0.138. The summed E-state index contributed by atoms with van der Waals surface area (Å²) in [5, 5.41) is 4.00. The average Bonchev–Trinajstić information content (AvgIpc) is 3.03. The fourth-order valence-corrected chi connectivity index (χ4v) is 5.68. The number of rotatable bonds is 5. The van der Waals surface area contributed by atoms with Gasteiger partial charge in [0.2, 0.25) is 15.9 Å². The highest BCUT2D eigenvalue weighted by Gasteiger charge is 2.44. The molecule has 1 aromatic rings. The molecule has 2 fully saturated rings. The minimum atomic E-state index is -3.53. The SMILES string of the molecule is CC(C)CCN1CC2(CCCN(S(=O)(=O)c3cnn(C)c3)C2)CCC1=O. The van der Waals surface area contributed by atoms with Crippen LogP contribution in [0.1, 0.15) is 46.0 Å². The number of carbonyl (C=O) groups excluding carboxylic acids is 1. The van der Waals surface area contributed by atoms with Crippen molar-refractivity contribution in [3.05, 3.63) is 12.4 Å². The summed E-state index contributed by atoms with van der Waals surface area (Å²) in [5.41, 5.74) is -0.113. The highest BCUT2D eigenvalue weighted by atomic mass is 32.2. The van der Waals surface area contributed by atoms with Crippen LogP contribution in [0.25, 0.3) is 0 Å². The van der Waals surface area contributed by atoms with Crippen molar-refractivity contribution in [2.45, 2.75) is 50.8 Å². The number of aryl methyl sites for hydroxylation is 1. The van der Waals surface area contributed by atoms with E-state index in [1.807, 2.05) is 4.90 Å². The minimum absolute atomic E-state index is 0.113. The quantitative estimate of drug-likeness (QED) is 0.779. The van der Waals surface area contributed by atoms with Crippen molar-refractivity contribution in [1.82, 2.24) is 19.0 Å². The molecule has 2 aliphatic rings. The highest BCUT2D eigenvalue weighted by molar-refractivity contribution is 7.89. The lowest BCUT2D eigenvalue weighted by Crippen LogP contribution is -2.55. The smallest absolute Gasteiger partial charge is 0.246 e. The Labute approximate surface area is 156 Å². The van der Waals surface area contributed by atoms with E-state index in [-0.39, 0.29) is 16.2 Å². The molecule has 1 aromatic heterocycles. The summed E-state index contributed by atoms with van der Waals surface area (Å²) in [5.74, 6) is 0.762. The van der Waals surface area contributed by atoms with E-state index in [2.05, 4.69) is 18.9 Å². The minimum Gasteiger partial charge on any atom is -0.342 e. The molecule has 146 valence electrons. The van der Waals surface area contributed by atoms with Crippen LogP contribution in [-0.4, -0.2) is 59.5 Å². The van der Waals surface area contributed by atoms with Crippen LogP contribution in [0.5, 0.6) is 0 Å². The number of hydrogen-bond acceptors (Lipinski definition) is 4. The first-order valence-corrected chi connectivity index (χ1v) is 10.9. The second-order valence-corrected chi connectivity index (χ2v) is 10.2. The van der Waals surface area contributed by atoms with Crippen LogP contribution in [0.4, 0.5) is 0 Å². The van der Waals surface area contributed by atoms with Crippen LogP contribution in [0, 0.1) is 11.3 Å². The molecule has 1 spiro atoms. The van der Waals surface area contributed by atoms with Crippen LogP contribution in [0.15, 0.2) is 17.3 Å². The topological polar surface area (TPSA) is 75.5 Å². The summed E-state index contributed by atoms with van der Waals surface area (Å²) in [6, 6.07) is 0. The first kappa shape index (κ1) is 19.4. The van der Waals surface area contributed by atoms with E-state index in [1.165, 1.54) is 10.9 Å². The van der Waals surface area contributed by atoms with E-state index in [9.17, 15) is 13.2 Å². The molecule has 2 aliphatic heterocycles. The zero-order valence-corrected chi connectivity index (χ0v) is 16.8. The fourth-order valence-electron chi connectivity index (χ4n) is 4.10. The lowest BCUT2D eigenvalue weighted by atomic mass is 9.74. The number of carbonyl (C=O) groups is 1. The molecule has 0 aromatic carbocycles. The third-order valence-electron chi connectivity index (χ3n) is 5.67. The van der Waals surface area contributed by atoms with Crippen LogP contribution >= 0.6 is 0 Å². The maximum Gasteiger partial charge on any atom is 0.246 e. The van der Waals surface area contributed by atoms with Gasteiger partial charge in [0.1, 0.15) is 4.90 Å². The first-order valence-electron chi connectivity index (χ1n) is 9.48. The maximum atomic E-state index is 13.0. The van der Waals surface area contributed by atoms with E-state index in [0.717, 1.165) is 32.2 Å². The normalized spacial score (nSPS) is 25.4. The Morgan fingerprint density at radius 3 is 2.69 bits per heavy atom. The van der Waals surface area contributed by atoms with Gasteiger partial charge in [-0.15, -0.1) is 0 Å². The second kappa shape index (κ2) is 7.31. The summed E-state index contributed by atoms with van der Waals surface area (Å²) >= 11 is 0. The summed E-state index contributed by atoms with van der Waals surface area (Å²) in [4.78, 5) is 14.5. The van der Waals surface area contributed by atoms with E-state index >= 15 is 0 Å². The second-order valence-electron chi connectivity index (χ2n) is 8.29. The van der Waals surface area contributed by atoms with E-state index in [0.29, 0.717) is 32.0 Å². The molecule has 1 unspecified atom stereocenters. The van der Waals surface area contributed by atoms with Gasteiger partial charge in [-0.1, -0.05) is 13.8 Å². The molecule has 26 heavy (non-hydrogen) atoms. The Bertz CT molecular complexity index is 758. The third kappa shape index (κ3) is 3.96.